The van der Waals surface area contributed by atoms with Crippen molar-refractivity contribution in [3.63, 3.8) is 0 Å². The summed E-state index contributed by atoms with van der Waals surface area (Å²) in [6, 6.07) is 15.8. The van der Waals surface area contributed by atoms with Crippen LogP contribution in [0.3, 0.4) is 0 Å². The first-order valence-corrected chi connectivity index (χ1v) is 11.2. The second-order valence-corrected chi connectivity index (χ2v) is 8.01. The first-order valence-electron chi connectivity index (χ1n) is 10.4. The van der Waals surface area contributed by atoms with E-state index in [1.165, 1.54) is 11.3 Å². The molecular formula is C24H26N4O2S. The average molecular weight is 435 g/mol. The molecule has 6 nitrogen and oxygen atoms in total. The highest BCUT2D eigenvalue weighted by Crippen LogP contribution is 2.26. The van der Waals surface area contributed by atoms with E-state index in [9.17, 15) is 4.79 Å². The summed E-state index contributed by atoms with van der Waals surface area (Å²) in [5.41, 5.74) is 4.78. The maximum Gasteiger partial charge on any atom is 0.230 e. The van der Waals surface area contributed by atoms with Crippen molar-refractivity contribution < 1.29 is 9.53 Å². The van der Waals surface area contributed by atoms with Crippen molar-refractivity contribution in [1.29, 1.82) is 0 Å². The monoisotopic (exact) mass is 434 g/mol. The smallest absolute Gasteiger partial charge is 0.230 e. The number of carbonyl (C=O) groups excluding carboxylic acids is 1. The number of ether oxygens (including phenoxy) is 1. The minimum atomic E-state index is -0.0463. The van der Waals surface area contributed by atoms with E-state index in [0.29, 0.717) is 0 Å². The van der Waals surface area contributed by atoms with Crippen molar-refractivity contribution in [2.75, 3.05) is 30.4 Å². The number of fused-ring (bicyclic) bond motifs is 1. The zero-order valence-electron chi connectivity index (χ0n) is 18.0. The molecule has 31 heavy (non-hydrogen) atoms. The quantitative estimate of drug-likeness (QED) is 0.419. The number of rotatable bonds is 8. The number of amides is 1. The van der Waals surface area contributed by atoms with Crippen molar-refractivity contribution in [3.05, 3.63) is 65.8 Å². The third-order valence-electron chi connectivity index (χ3n) is 5.29. The number of imidazole rings is 1. The van der Waals surface area contributed by atoms with Gasteiger partial charge < -0.3 is 15.0 Å². The standard InChI is InChI=1S/C24H26N4O2S/c1-4-27(5-2)19-10-8-18(9-11-19)25-23(29)14-20-16-31-24-26-22(15-28(20)24)17-6-12-21(30-3)13-7-17/h6-13,15-16H,4-5,14H2,1-3H3,(H,25,29). The number of benzene rings is 2. The predicted molar refractivity (Wildman–Crippen MR) is 127 cm³/mol. The molecule has 2 heterocycles. The topological polar surface area (TPSA) is 58.9 Å². The number of thiazole rings is 1. The number of hydrogen-bond acceptors (Lipinski definition) is 5. The Bertz CT molecular complexity index is 1160. The van der Waals surface area contributed by atoms with Crippen LogP contribution in [-0.2, 0) is 11.2 Å². The van der Waals surface area contributed by atoms with E-state index >= 15 is 0 Å². The lowest BCUT2D eigenvalue weighted by Gasteiger charge is -2.21. The van der Waals surface area contributed by atoms with Crippen LogP contribution in [-0.4, -0.2) is 35.5 Å². The van der Waals surface area contributed by atoms with Crippen molar-refractivity contribution in [1.82, 2.24) is 9.38 Å². The van der Waals surface area contributed by atoms with Crippen molar-refractivity contribution in [2.24, 2.45) is 0 Å². The molecule has 2 aromatic carbocycles. The summed E-state index contributed by atoms with van der Waals surface area (Å²) in [5, 5.41) is 4.99. The van der Waals surface area contributed by atoms with E-state index in [1.807, 2.05) is 64.5 Å². The van der Waals surface area contributed by atoms with Gasteiger partial charge in [0, 0.05) is 47.3 Å². The molecule has 0 aliphatic rings. The van der Waals surface area contributed by atoms with Crippen LogP contribution in [0.5, 0.6) is 5.75 Å². The Morgan fingerprint density at radius 3 is 2.45 bits per heavy atom. The molecule has 0 spiro atoms. The lowest BCUT2D eigenvalue weighted by atomic mass is 10.2. The van der Waals surface area contributed by atoms with E-state index in [-0.39, 0.29) is 12.3 Å². The van der Waals surface area contributed by atoms with Crippen molar-refractivity contribution in [3.8, 4) is 17.0 Å². The highest BCUT2D eigenvalue weighted by atomic mass is 32.1. The lowest BCUT2D eigenvalue weighted by Crippen LogP contribution is -2.21. The van der Waals surface area contributed by atoms with Crippen LogP contribution in [0.2, 0.25) is 0 Å². The molecule has 0 aliphatic heterocycles. The molecule has 7 heteroatoms. The summed E-state index contributed by atoms with van der Waals surface area (Å²) < 4.78 is 7.21. The molecule has 0 bridgehead atoms. The molecule has 0 unspecified atom stereocenters. The molecule has 1 N–H and O–H groups in total. The minimum absolute atomic E-state index is 0.0463. The van der Waals surface area contributed by atoms with Gasteiger partial charge in [-0.15, -0.1) is 11.3 Å². The Morgan fingerprint density at radius 2 is 1.81 bits per heavy atom. The molecule has 0 saturated heterocycles. The fourth-order valence-electron chi connectivity index (χ4n) is 3.57. The van der Waals surface area contributed by atoms with E-state index in [2.05, 4.69) is 24.1 Å². The highest BCUT2D eigenvalue weighted by Gasteiger charge is 2.13. The number of nitrogens with zero attached hydrogens (tertiary/aromatic N) is 3. The summed E-state index contributed by atoms with van der Waals surface area (Å²) in [4.78, 5) is 20.5. The van der Waals surface area contributed by atoms with Gasteiger partial charge in [0.2, 0.25) is 5.91 Å². The minimum Gasteiger partial charge on any atom is -0.497 e. The molecule has 0 radical (unpaired) electrons. The molecule has 2 aromatic heterocycles. The number of carbonyl (C=O) groups is 1. The van der Waals surface area contributed by atoms with E-state index in [0.717, 1.165) is 52.1 Å². The third-order valence-corrected chi connectivity index (χ3v) is 6.18. The lowest BCUT2D eigenvalue weighted by molar-refractivity contribution is -0.115. The summed E-state index contributed by atoms with van der Waals surface area (Å²) in [6.07, 6.45) is 2.27. The highest BCUT2D eigenvalue weighted by molar-refractivity contribution is 7.15. The number of methoxy groups -OCH3 is 1. The normalized spacial score (nSPS) is 10.9. The average Bonchev–Trinajstić information content (AvgIpc) is 3.38. The van der Waals surface area contributed by atoms with E-state index in [4.69, 9.17) is 9.72 Å². The zero-order valence-corrected chi connectivity index (χ0v) is 18.8. The number of aromatic nitrogens is 2. The summed E-state index contributed by atoms with van der Waals surface area (Å²) >= 11 is 1.54. The van der Waals surface area contributed by atoms with Gasteiger partial charge in [-0.1, -0.05) is 0 Å². The van der Waals surface area contributed by atoms with Crippen molar-refractivity contribution >= 4 is 33.6 Å². The van der Waals surface area contributed by atoms with Crippen LogP contribution in [0.25, 0.3) is 16.2 Å². The van der Waals surface area contributed by atoms with Crippen LogP contribution in [0.15, 0.2) is 60.1 Å². The molecule has 4 rings (SSSR count). The summed E-state index contributed by atoms with van der Waals surface area (Å²) in [5.74, 6) is 0.766. The summed E-state index contributed by atoms with van der Waals surface area (Å²) in [6.45, 7) is 6.19. The van der Waals surface area contributed by atoms with Gasteiger partial charge in [-0.3, -0.25) is 9.20 Å². The molecular weight excluding hydrogens is 408 g/mol. The van der Waals surface area contributed by atoms with Crippen LogP contribution in [0.1, 0.15) is 19.5 Å². The van der Waals surface area contributed by atoms with Gasteiger partial charge >= 0.3 is 0 Å². The van der Waals surface area contributed by atoms with Gasteiger partial charge in [0.25, 0.3) is 0 Å². The largest absolute Gasteiger partial charge is 0.497 e. The molecule has 1 amide bonds. The molecule has 0 fully saturated rings. The molecule has 160 valence electrons. The first kappa shape index (κ1) is 20.9. The number of anilines is 2. The van der Waals surface area contributed by atoms with Gasteiger partial charge in [0.05, 0.1) is 19.2 Å². The van der Waals surface area contributed by atoms with Gasteiger partial charge in [-0.05, 0) is 62.4 Å². The molecule has 0 aliphatic carbocycles. The zero-order chi connectivity index (χ0) is 21.8. The Labute approximate surface area is 186 Å². The molecule has 0 saturated carbocycles. The number of nitrogens with one attached hydrogen (secondary N) is 1. The Kier molecular flexibility index (Phi) is 6.23. The Hall–Kier alpha value is -3.32. The second kappa shape index (κ2) is 9.22. The molecule has 0 atom stereocenters. The van der Waals surface area contributed by atoms with Crippen LogP contribution < -0.4 is 15.0 Å². The van der Waals surface area contributed by atoms with Gasteiger partial charge in [-0.2, -0.15) is 0 Å². The van der Waals surface area contributed by atoms with E-state index in [1.54, 1.807) is 7.11 Å². The predicted octanol–water partition coefficient (Wildman–Crippen LogP) is 5.10. The summed E-state index contributed by atoms with van der Waals surface area (Å²) in [7, 11) is 1.65. The maximum atomic E-state index is 12.6. The fraction of sp³-hybridized carbons (Fsp3) is 0.250. The maximum absolute atomic E-state index is 12.6. The van der Waals surface area contributed by atoms with Gasteiger partial charge in [0.15, 0.2) is 4.96 Å². The SMILES string of the molecule is CCN(CC)c1ccc(NC(=O)Cc2csc3nc(-c4ccc(OC)cc4)cn23)cc1. The second-order valence-electron chi connectivity index (χ2n) is 7.18. The third kappa shape index (κ3) is 4.56. The van der Waals surface area contributed by atoms with Gasteiger partial charge in [-0.25, -0.2) is 4.98 Å². The van der Waals surface area contributed by atoms with Crippen LogP contribution >= 0.6 is 11.3 Å². The molecule has 4 aromatic rings. The fourth-order valence-corrected chi connectivity index (χ4v) is 4.44. The van der Waals surface area contributed by atoms with Crippen LogP contribution in [0, 0.1) is 0 Å². The Morgan fingerprint density at radius 1 is 1.10 bits per heavy atom. The number of hydrogen-bond donors (Lipinski definition) is 1. The van der Waals surface area contributed by atoms with Crippen LogP contribution in [0.4, 0.5) is 11.4 Å². The van der Waals surface area contributed by atoms with Crippen molar-refractivity contribution in [2.45, 2.75) is 20.3 Å². The first-order chi connectivity index (χ1) is 15.1. The Balaban J connectivity index is 1.45. The van der Waals surface area contributed by atoms with Gasteiger partial charge in [0.1, 0.15) is 5.75 Å². The van der Waals surface area contributed by atoms with E-state index < -0.39 is 0 Å².